The van der Waals surface area contributed by atoms with Gasteiger partial charge >= 0.3 is 5.97 Å². The van der Waals surface area contributed by atoms with Crippen molar-refractivity contribution in [2.24, 2.45) is 0 Å². The van der Waals surface area contributed by atoms with Crippen molar-refractivity contribution in [3.05, 3.63) is 78.4 Å². The van der Waals surface area contributed by atoms with Gasteiger partial charge in [-0.3, -0.25) is 0 Å². The van der Waals surface area contributed by atoms with Gasteiger partial charge in [-0.2, -0.15) is 0 Å². The summed E-state index contributed by atoms with van der Waals surface area (Å²) in [6.45, 7) is 7.54. The van der Waals surface area contributed by atoms with Crippen LogP contribution in [0.25, 0.3) is 22.3 Å². The highest BCUT2D eigenvalue weighted by molar-refractivity contribution is 5.94. The van der Waals surface area contributed by atoms with Crippen LogP contribution in [0.1, 0.15) is 95.3 Å². The highest BCUT2D eigenvalue weighted by atomic mass is 16.7. The van der Waals surface area contributed by atoms with Crippen LogP contribution in [-0.4, -0.2) is 25.5 Å². The van der Waals surface area contributed by atoms with Crippen LogP contribution in [0, 0.1) is 0 Å². The maximum Gasteiger partial charge on any atom is 0.340 e. The number of hydrogen-bond acceptors (Lipinski definition) is 4. The fourth-order valence-electron chi connectivity index (χ4n) is 4.61. The standard InChI is InChI=1S/C35H46O4/c1-4-6-8-10-11-16-26-38-32-22-19-30(20-23-32)34-27-31(21-24-33(34)29-17-13-12-14-18-29)35(36)39-28(3)37-25-15-9-7-5-2/h12-14,17-24,27-28H,4-11,15-16,25-26H2,1-3H3. The third kappa shape index (κ3) is 10.5. The van der Waals surface area contributed by atoms with Gasteiger partial charge in [0.05, 0.1) is 18.8 Å². The average Bonchev–Trinajstić information content (AvgIpc) is 2.97. The second-order valence-electron chi connectivity index (χ2n) is 10.2. The number of carbonyl (C=O) groups is 1. The zero-order valence-corrected chi connectivity index (χ0v) is 24.1. The highest BCUT2D eigenvalue weighted by Crippen LogP contribution is 2.34. The first-order valence-electron chi connectivity index (χ1n) is 14.9. The summed E-state index contributed by atoms with van der Waals surface area (Å²) >= 11 is 0. The lowest BCUT2D eigenvalue weighted by atomic mass is 9.93. The van der Waals surface area contributed by atoms with Gasteiger partial charge in [0.1, 0.15) is 5.75 Å². The van der Waals surface area contributed by atoms with Crippen molar-refractivity contribution in [1.29, 1.82) is 0 Å². The van der Waals surface area contributed by atoms with Crippen molar-refractivity contribution in [2.75, 3.05) is 13.2 Å². The molecule has 0 amide bonds. The van der Waals surface area contributed by atoms with E-state index in [0.717, 1.165) is 53.9 Å². The molecule has 0 saturated carbocycles. The molecule has 210 valence electrons. The van der Waals surface area contributed by atoms with Crippen LogP contribution in [0.2, 0.25) is 0 Å². The molecule has 0 aliphatic rings. The predicted molar refractivity (Wildman–Crippen MR) is 161 cm³/mol. The first kappa shape index (κ1) is 30.4. The molecule has 39 heavy (non-hydrogen) atoms. The van der Waals surface area contributed by atoms with Crippen LogP contribution in [0.15, 0.2) is 72.8 Å². The topological polar surface area (TPSA) is 44.8 Å². The summed E-state index contributed by atoms with van der Waals surface area (Å²) in [6, 6.07) is 24.2. The average molecular weight is 531 g/mol. The molecule has 0 bridgehead atoms. The van der Waals surface area contributed by atoms with Gasteiger partial charge in [0.25, 0.3) is 0 Å². The molecule has 0 saturated heterocycles. The minimum atomic E-state index is -0.584. The summed E-state index contributed by atoms with van der Waals surface area (Å²) in [5, 5.41) is 0. The summed E-state index contributed by atoms with van der Waals surface area (Å²) in [4.78, 5) is 13.0. The summed E-state index contributed by atoms with van der Waals surface area (Å²) < 4.78 is 17.3. The molecule has 3 rings (SSSR count). The third-order valence-corrected chi connectivity index (χ3v) is 6.90. The Bertz CT molecular complexity index is 1090. The van der Waals surface area contributed by atoms with Gasteiger partial charge in [-0.1, -0.05) is 114 Å². The Morgan fingerprint density at radius 2 is 1.28 bits per heavy atom. The van der Waals surface area contributed by atoms with Gasteiger partial charge in [-0.15, -0.1) is 0 Å². The zero-order valence-electron chi connectivity index (χ0n) is 24.1. The molecular weight excluding hydrogens is 484 g/mol. The molecule has 4 nitrogen and oxygen atoms in total. The monoisotopic (exact) mass is 530 g/mol. The van der Waals surface area contributed by atoms with E-state index in [-0.39, 0.29) is 5.97 Å². The van der Waals surface area contributed by atoms with Crippen molar-refractivity contribution >= 4 is 5.97 Å². The molecule has 0 aromatic heterocycles. The Morgan fingerprint density at radius 1 is 0.667 bits per heavy atom. The second kappa shape index (κ2) is 17.5. The number of ether oxygens (including phenoxy) is 3. The Balaban J connectivity index is 1.68. The Kier molecular flexibility index (Phi) is 13.6. The zero-order chi connectivity index (χ0) is 27.7. The second-order valence-corrected chi connectivity index (χ2v) is 10.2. The lowest BCUT2D eigenvalue weighted by Crippen LogP contribution is -2.19. The Labute approximate surface area is 235 Å². The minimum Gasteiger partial charge on any atom is -0.494 e. The summed E-state index contributed by atoms with van der Waals surface area (Å²) in [5.74, 6) is 0.491. The number of hydrogen-bond donors (Lipinski definition) is 0. The summed E-state index contributed by atoms with van der Waals surface area (Å²) in [5.41, 5.74) is 4.67. The number of unbranched alkanes of at least 4 members (excludes halogenated alkanes) is 8. The van der Waals surface area contributed by atoms with Crippen molar-refractivity contribution in [3.8, 4) is 28.0 Å². The third-order valence-electron chi connectivity index (χ3n) is 6.90. The first-order chi connectivity index (χ1) is 19.1. The van der Waals surface area contributed by atoms with Crippen molar-refractivity contribution in [3.63, 3.8) is 0 Å². The maximum absolute atomic E-state index is 13.0. The van der Waals surface area contributed by atoms with Gasteiger partial charge in [-0.05, 0) is 66.3 Å². The van der Waals surface area contributed by atoms with Crippen LogP contribution in [0.5, 0.6) is 5.75 Å². The van der Waals surface area contributed by atoms with E-state index < -0.39 is 6.29 Å². The van der Waals surface area contributed by atoms with E-state index in [2.05, 4.69) is 38.1 Å². The van der Waals surface area contributed by atoms with E-state index in [1.807, 2.05) is 48.5 Å². The van der Waals surface area contributed by atoms with Crippen molar-refractivity contribution in [1.82, 2.24) is 0 Å². The van der Waals surface area contributed by atoms with Crippen LogP contribution >= 0.6 is 0 Å². The molecule has 0 aliphatic carbocycles. The smallest absolute Gasteiger partial charge is 0.340 e. The van der Waals surface area contributed by atoms with Crippen LogP contribution < -0.4 is 4.74 Å². The minimum absolute atomic E-state index is 0.379. The van der Waals surface area contributed by atoms with E-state index in [0.29, 0.717) is 12.2 Å². The summed E-state index contributed by atoms with van der Waals surface area (Å²) in [6.07, 6.45) is 11.4. The largest absolute Gasteiger partial charge is 0.494 e. The molecule has 0 radical (unpaired) electrons. The van der Waals surface area contributed by atoms with E-state index in [9.17, 15) is 4.79 Å². The number of benzene rings is 3. The van der Waals surface area contributed by atoms with Crippen molar-refractivity contribution < 1.29 is 19.0 Å². The quantitative estimate of drug-likeness (QED) is 0.0932. The molecule has 0 spiro atoms. The lowest BCUT2D eigenvalue weighted by Gasteiger charge is -2.16. The predicted octanol–water partition coefficient (Wildman–Crippen LogP) is 9.86. The highest BCUT2D eigenvalue weighted by Gasteiger charge is 2.16. The van der Waals surface area contributed by atoms with Gasteiger partial charge in [0.15, 0.2) is 6.29 Å². The number of esters is 1. The van der Waals surface area contributed by atoms with Gasteiger partial charge < -0.3 is 14.2 Å². The molecule has 1 atom stereocenters. The van der Waals surface area contributed by atoms with E-state index in [4.69, 9.17) is 14.2 Å². The Morgan fingerprint density at radius 3 is 2.00 bits per heavy atom. The van der Waals surface area contributed by atoms with Crippen molar-refractivity contribution in [2.45, 2.75) is 91.3 Å². The number of carbonyl (C=O) groups excluding carboxylic acids is 1. The molecular formula is C35H46O4. The maximum atomic E-state index is 13.0. The molecule has 0 fully saturated rings. The molecule has 3 aromatic carbocycles. The van der Waals surface area contributed by atoms with E-state index in [1.165, 1.54) is 44.9 Å². The van der Waals surface area contributed by atoms with Gasteiger partial charge in [0, 0.05) is 0 Å². The van der Waals surface area contributed by atoms with E-state index in [1.54, 1.807) is 6.92 Å². The molecule has 0 N–H and O–H groups in total. The van der Waals surface area contributed by atoms with Gasteiger partial charge in [-0.25, -0.2) is 4.79 Å². The van der Waals surface area contributed by atoms with Crippen LogP contribution in [0.3, 0.4) is 0 Å². The molecule has 1 unspecified atom stereocenters. The first-order valence-corrected chi connectivity index (χ1v) is 14.9. The van der Waals surface area contributed by atoms with Gasteiger partial charge in [0.2, 0.25) is 0 Å². The summed E-state index contributed by atoms with van der Waals surface area (Å²) in [7, 11) is 0. The molecule has 3 aromatic rings. The normalized spacial score (nSPS) is 11.8. The van der Waals surface area contributed by atoms with Crippen LogP contribution in [0.4, 0.5) is 0 Å². The molecule has 0 aliphatic heterocycles. The molecule has 0 heterocycles. The fraction of sp³-hybridized carbons (Fsp3) is 0.457. The fourth-order valence-corrected chi connectivity index (χ4v) is 4.61. The number of rotatable bonds is 18. The molecule has 4 heteroatoms. The van der Waals surface area contributed by atoms with Crippen LogP contribution in [-0.2, 0) is 9.47 Å². The van der Waals surface area contributed by atoms with E-state index >= 15 is 0 Å². The SMILES string of the molecule is CCCCCCCCOc1ccc(-c2cc(C(=O)OC(C)OCCCCCC)ccc2-c2ccccc2)cc1. The Hall–Kier alpha value is -3.11. The lowest BCUT2D eigenvalue weighted by molar-refractivity contribution is -0.0987.